The van der Waals surface area contributed by atoms with Crippen molar-refractivity contribution in [1.82, 2.24) is 4.98 Å². The summed E-state index contributed by atoms with van der Waals surface area (Å²) >= 11 is 0. The number of hydrogen-bond acceptors (Lipinski definition) is 2. The first-order chi connectivity index (χ1) is 5.88. The van der Waals surface area contributed by atoms with Crippen LogP contribution in [0.5, 0.6) is 0 Å². The summed E-state index contributed by atoms with van der Waals surface area (Å²) in [5.74, 6) is 0. The molecule has 0 N–H and O–H groups in total. The van der Waals surface area contributed by atoms with E-state index in [1.54, 1.807) is 18.3 Å². The van der Waals surface area contributed by atoms with Crippen molar-refractivity contribution in [2.75, 3.05) is 0 Å². The van der Waals surface area contributed by atoms with E-state index in [1.165, 1.54) is 0 Å². The number of aryl methyl sites for hydroxylation is 1. The van der Waals surface area contributed by atoms with Gasteiger partial charge in [-0.1, -0.05) is 18.5 Å². The molecule has 1 aromatic rings. The maximum atomic E-state index is 8.24. The largest absolute Gasteiger partial charge is 0.261 e. The van der Waals surface area contributed by atoms with Gasteiger partial charge in [0.2, 0.25) is 0 Å². The Hall–Kier alpha value is -1.54. The Morgan fingerprint density at radius 3 is 3.17 bits per heavy atom. The molecule has 0 aliphatic carbocycles. The third-order valence-electron chi connectivity index (χ3n) is 1.51. The maximum absolute atomic E-state index is 8.24. The molecule has 0 aliphatic rings. The van der Waals surface area contributed by atoms with Crippen molar-refractivity contribution < 1.29 is 0 Å². The lowest BCUT2D eigenvalue weighted by Gasteiger charge is -1.99. The molecule has 1 aromatic heterocycles. The number of aromatic nitrogens is 1. The van der Waals surface area contributed by atoms with Gasteiger partial charge < -0.3 is 0 Å². The lowest BCUT2D eigenvalue weighted by molar-refractivity contribution is 0.882. The fourth-order valence-electron chi connectivity index (χ4n) is 0.998. The zero-order valence-corrected chi connectivity index (χ0v) is 6.94. The van der Waals surface area contributed by atoms with E-state index in [9.17, 15) is 0 Å². The molecule has 0 atom stereocenters. The average Bonchev–Trinajstić information content (AvgIpc) is 2.09. The van der Waals surface area contributed by atoms with Crippen molar-refractivity contribution in [1.29, 1.82) is 0 Å². The molecule has 4 heteroatoms. The molecule has 0 saturated carbocycles. The van der Waals surface area contributed by atoms with Gasteiger partial charge in [0, 0.05) is 16.8 Å². The summed E-state index contributed by atoms with van der Waals surface area (Å²) in [7, 11) is 0. The van der Waals surface area contributed by atoms with Gasteiger partial charge in [-0.15, -0.1) is 0 Å². The molecular weight excluding hydrogens is 152 g/mol. The van der Waals surface area contributed by atoms with Crippen LogP contribution < -0.4 is 0 Å². The Morgan fingerprint density at radius 2 is 2.50 bits per heavy atom. The van der Waals surface area contributed by atoms with Crippen molar-refractivity contribution in [2.45, 2.75) is 19.8 Å². The highest BCUT2D eigenvalue weighted by Crippen LogP contribution is 2.17. The van der Waals surface area contributed by atoms with E-state index in [2.05, 4.69) is 21.9 Å². The highest BCUT2D eigenvalue weighted by atomic mass is 15.1. The van der Waals surface area contributed by atoms with Gasteiger partial charge in [-0.3, -0.25) is 4.98 Å². The highest BCUT2D eigenvalue weighted by Gasteiger charge is 1.98. The summed E-state index contributed by atoms with van der Waals surface area (Å²) in [6, 6.07) is 3.54. The van der Waals surface area contributed by atoms with Gasteiger partial charge in [-0.2, -0.15) is 0 Å². The van der Waals surface area contributed by atoms with Crippen LogP contribution in [0.4, 0.5) is 5.69 Å². The van der Waals surface area contributed by atoms with Crippen LogP contribution in [0.1, 0.15) is 19.0 Å². The molecule has 0 unspecified atom stereocenters. The first kappa shape index (κ1) is 8.56. The summed E-state index contributed by atoms with van der Waals surface area (Å²) < 4.78 is 0. The first-order valence-corrected chi connectivity index (χ1v) is 3.87. The number of pyridine rings is 1. The second-order valence-electron chi connectivity index (χ2n) is 2.41. The van der Waals surface area contributed by atoms with Crippen molar-refractivity contribution in [3.63, 3.8) is 0 Å². The fourth-order valence-corrected chi connectivity index (χ4v) is 0.998. The van der Waals surface area contributed by atoms with Gasteiger partial charge in [0.1, 0.15) is 0 Å². The monoisotopic (exact) mass is 162 g/mol. The highest BCUT2D eigenvalue weighted by molar-refractivity contribution is 5.40. The van der Waals surface area contributed by atoms with Crippen LogP contribution >= 0.6 is 0 Å². The predicted molar refractivity (Wildman–Crippen MR) is 47.0 cm³/mol. The minimum absolute atomic E-state index is 0.641. The minimum atomic E-state index is 0.641. The molecule has 62 valence electrons. The Kier molecular flexibility index (Phi) is 3.11. The molecule has 4 nitrogen and oxygen atoms in total. The molecule has 0 aliphatic heterocycles. The third-order valence-corrected chi connectivity index (χ3v) is 1.51. The van der Waals surface area contributed by atoms with E-state index in [1.807, 2.05) is 0 Å². The third kappa shape index (κ3) is 1.97. The molecule has 1 rings (SSSR count). The topological polar surface area (TPSA) is 61.7 Å². The summed E-state index contributed by atoms with van der Waals surface area (Å²) in [6.45, 7) is 2.06. The van der Waals surface area contributed by atoms with Crippen LogP contribution in [-0.2, 0) is 6.42 Å². The molecule has 0 amide bonds. The Morgan fingerprint density at radius 1 is 1.67 bits per heavy atom. The van der Waals surface area contributed by atoms with Crippen molar-refractivity contribution >= 4 is 5.69 Å². The van der Waals surface area contributed by atoms with Crippen molar-refractivity contribution in [3.05, 3.63) is 34.5 Å². The lowest BCUT2D eigenvalue weighted by atomic mass is 10.2. The molecule has 0 radical (unpaired) electrons. The minimum Gasteiger partial charge on any atom is -0.261 e. The first-order valence-electron chi connectivity index (χ1n) is 3.87. The Labute approximate surface area is 70.9 Å². The summed E-state index contributed by atoms with van der Waals surface area (Å²) in [5.41, 5.74) is 9.76. The van der Waals surface area contributed by atoms with Gasteiger partial charge in [-0.25, -0.2) is 0 Å². The van der Waals surface area contributed by atoms with Gasteiger partial charge >= 0.3 is 0 Å². The number of nitrogens with zero attached hydrogens (tertiary/aromatic N) is 4. The van der Waals surface area contributed by atoms with Crippen LogP contribution in [-0.4, -0.2) is 4.98 Å². The Bertz CT molecular complexity index is 302. The molecule has 1 heterocycles. The summed E-state index contributed by atoms with van der Waals surface area (Å²) in [6.07, 6.45) is 3.57. The standard InChI is InChI=1S/C8H10N4/c1-2-4-7-8(11-12-9)5-3-6-10-7/h3,5-6H,2,4H2,1H3. The van der Waals surface area contributed by atoms with Crippen molar-refractivity contribution in [2.24, 2.45) is 5.11 Å². The molecule has 0 fully saturated rings. The predicted octanol–water partition coefficient (Wildman–Crippen LogP) is 2.98. The lowest BCUT2D eigenvalue weighted by Crippen LogP contribution is -1.87. The molecule has 0 saturated heterocycles. The van der Waals surface area contributed by atoms with Gasteiger partial charge in [0.05, 0.1) is 5.69 Å². The molecule has 12 heavy (non-hydrogen) atoms. The summed E-state index contributed by atoms with van der Waals surface area (Å²) in [5, 5.41) is 3.54. The van der Waals surface area contributed by atoms with Gasteiger partial charge in [0.15, 0.2) is 0 Å². The van der Waals surface area contributed by atoms with E-state index in [0.29, 0.717) is 5.69 Å². The van der Waals surface area contributed by atoms with E-state index in [-0.39, 0.29) is 0 Å². The fraction of sp³-hybridized carbons (Fsp3) is 0.375. The molecule has 0 bridgehead atoms. The van der Waals surface area contributed by atoms with E-state index in [0.717, 1.165) is 18.5 Å². The van der Waals surface area contributed by atoms with E-state index >= 15 is 0 Å². The SMILES string of the molecule is CCCc1ncccc1N=[N+]=[N-]. The molecule has 0 spiro atoms. The van der Waals surface area contributed by atoms with Crippen LogP contribution in [0.3, 0.4) is 0 Å². The Balaban J connectivity index is 2.99. The summed E-state index contributed by atoms with van der Waals surface area (Å²) in [4.78, 5) is 6.86. The van der Waals surface area contributed by atoms with E-state index < -0.39 is 0 Å². The second-order valence-corrected chi connectivity index (χ2v) is 2.41. The van der Waals surface area contributed by atoms with Crippen LogP contribution in [0, 0.1) is 0 Å². The number of hydrogen-bond donors (Lipinski definition) is 0. The van der Waals surface area contributed by atoms with E-state index in [4.69, 9.17) is 5.53 Å². The number of rotatable bonds is 3. The zero-order valence-electron chi connectivity index (χ0n) is 6.94. The molecule has 0 aromatic carbocycles. The zero-order chi connectivity index (χ0) is 8.81. The normalized spacial score (nSPS) is 9.08. The quantitative estimate of drug-likeness (QED) is 0.383. The molecular formula is C8H10N4. The van der Waals surface area contributed by atoms with Crippen LogP contribution in [0.15, 0.2) is 23.4 Å². The van der Waals surface area contributed by atoms with Crippen molar-refractivity contribution in [3.8, 4) is 0 Å². The smallest absolute Gasteiger partial charge is 0.0590 e. The maximum Gasteiger partial charge on any atom is 0.0590 e. The van der Waals surface area contributed by atoms with Gasteiger partial charge in [-0.05, 0) is 24.1 Å². The average molecular weight is 162 g/mol. The number of azide groups is 1. The van der Waals surface area contributed by atoms with Crippen LogP contribution in [0.2, 0.25) is 0 Å². The van der Waals surface area contributed by atoms with Crippen LogP contribution in [0.25, 0.3) is 10.4 Å². The van der Waals surface area contributed by atoms with Gasteiger partial charge in [0.25, 0.3) is 0 Å². The second kappa shape index (κ2) is 4.36.